The molecule has 1 aromatic heterocycles. The Balaban J connectivity index is 2.02. The van der Waals surface area contributed by atoms with Gasteiger partial charge in [-0.25, -0.2) is 0 Å². The highest BCUT2D eigenvalue weighted by atomic mass is 16.3. The number of hydrogen-bond acceptors (Lipinski definition) is 2. The molecular weight excluding hydrogens is 200 g/mol. The molecule has 1 aromatic carbocycles. The molecule has 0 aliphatic heterocycles. The van der Waals surface area contributed by atoms with Gasteiger partial charge in [0.2, 0.25) is 0 Å². The summed E-state index contributed by atoms with van der Waals surface area (Å²) in [4.78, 5) is 0. The number of aryl methyl sites for hydroxylation is 2. The second-order valence-electron chi connectivity index (χ2n) is 3.89. The van der Waals surface area contributed by atoms with Gasteiger partial charge in [-0.05, 0) is 25.0 Å². The largest absolute Gasteiger partial charge is 0.387 e. The average Bonchev–Trinajstić information content (AvgIpc) is 2.76. The van der Waals surface area contributed by atoms with Crippen molar-refractivity contribution in [1.82, 2.24) is 9.78 Å². The number of benzene rings is 1. The van der Waals surface area contributed by atoms with E-state index in [2.05, 4.69) is 17.2 Å². The Bertz CT molecular complexity index is 434. The lowest BCUT2D eigenvalue weighted by Crippen LogP contribution is -2.09. The van der Waals surface area contributed by atoms with E-state index in [0.29, 0.717) is 0 Å². The molecule has 2 aromatic rings. The Labute approximate surface area is 95.3 Å². The Kier molecular flexibility index (Phi) is 3.37. The Morgan fingerprint density at radius 3 is 2.69 bits per heavy atom. The lowest BCUT2D eigenvalue weighted by Gasteiger charge is -2.09. The van der Waals surface area contributed by atoms with Crippen molar-refractivity contribution < 1.29 is 5.11 Å². The first-order valence-corrected chi connectivity index (χ1v) is 5.51. The van der Waals surface area contributed by atoms with E-state index in [-0.39, 0.29) is 0 Å². The van der Waals surface area contributed by atoms with Gasteiger partial charge in [0.1, 0.15) is 0 Å². The van der Waals surface area contributed by atoms with Crippen LogP contribution in [0.15, 0.2) is 42.6 Å². The molecule has 0 saturated heterocycles. The number of aromatic nitrogens is 2. The van der Waals surface area contributed by atoms with Crippen molar-refractivity contribution in [1.29, 1.82) is 0 Å². The first-order valence-electron chi connectivity index (χ1n) is 5.51. The zero-order valence-electron chi connectivity index (χ0n) is 9.37. The topological polar surface area (TPSA) is 38.1 Å². The highest BCUT2D eigenvalue weighted by Crippen LogP contribution is 2.11. The minimum atomic E-state index is -0.460. The first-order chi connectivity index (χ1) is 7.77. The summed E-state index contributed by atoms with van der Waals surface area (Å²) in [5.74, 6) is 0. The van der Waals surface area contributed by atoms with Gasteiger partial charge in [-0.1, -0.05) is 30.3 Å². The van der Waals surface area contributed by atoms with Gasteiger partial charge in [-0.3, -0.25) is 4.68 Å². The van der Waals surface area contributed by atoms with E-state index in [0.717, 1.165) is 18.7 Å². The number of nitrogens with zero attached hydrogens (tertiary/aromatic N) is 2. The minimum absolute atomic E-state index is 0.460. The van der Waals surface area contributed by atoms with Crippen LogP contribution in [-0.4, -0.2) is 14.9 Å². The van der Waals surface area contributed by atoms with Gasteiger partial charge in [0.25, 0.3) is 0 Å². The molecule has 0 fully saturated rings. The van der Waals surface area contributed by atoms with Crippen LogP contribution >= 0.6 is 0 Å². The second-order valence-corrected chi connectivity index (χ2v) is 3.89. The minimum Gasteiger partial charge on any atom is -0.387 e. The number of rotatable bonds is 4. The van der Waals surface area contributed by atoms with Crippen molar-refractivity contribution >= 4 is 0 Å². The van der Waals surface area contributed by atoms with E-state index in [9.17, 15) is 5.11 Å². The fourth-order valence-electron chi connectivity index (χ4n) is 1.76. The SMILES string of the molecule is C[C@H](O)c1ccnn1CCc1ccccc1. The molecular formula is C13H16N2O. The summed E-state index contributed by atoms with van der Waals surface area (Å²) in [5, 5.41) is 13.7. The van der Waals surface area contributed by atoms with Crippen LogP contribution in [0.4, 0.5) is 0 Å². The van der Waals surface area contributed by atoms with Crippen LogP contribution in [-0.2, 0) is 13.0 Å². The number of hydrogen-bond donors (Lipinski definition) is 1. The van der Waals surface area contributed by atoms with E-state index in [4.69, 9.17) is 0 Å². The molecule has 1 heterocycles. The first kappa shape index (κ1) is 10.9. The van der Waals surface area contributed by atoms with Gasteiger partial charge in [-0.15, -0.1) is 0 Å². The summed E-state index contributed by atoms with van der Waals surface area (Å²) in [6, 6.07) is 12.1. The van der Waals surface area contributed by atoms with Gasteiger partial charge < -0.3 is 5.11 Å². The normalized spacial score (nSPS) is 12.6. The van der Waals surface area contributed by atoms with E-state index in [1.807, 2.05) is 28.9 Å². The molecule has 84 valence electrons. The standard InChI is InChI=1S/C13H16N2O/c1-11(16)13-7-9-14-15(13)10-8-12-5-3-2-4-6-12/h2-7,9,11,16H,8,10H2,1H3/t11-/m0/s1. The molecule has 0 radical (unpaired) electrons. The Morgan fingerprint density at radius 2 is 2.00 bits per heavy atom. The third kappa shape index (κ3) is 2.49. The van der Waals surface area contributed by atoms with E-state index in [1.165, 1.54) is 5.56 Å². The lowest BCUT2D eigenvalue weighted by molar-refractivity contribution is 0.187. The van der Waals surface area contributed by atoms with Crippen LogP contribution in [0.5, 0.6) is 0 Å². The highest BCUT2D eigenvalue weighted by Gasteiger charge is 2.07. The fraction of sp³-hybridized carbons (Fsp3) is 0.308. The Morgan fingerprint density at radius 1 is 1.25 bits per heavy atom. The maximum absolute atomic E-state index is 9.53. The van der Waals surface area contributed by atoms with Gasteiger partial charge >= 0.3 is 0 Å². The maximum atomic E-state index is 9.53. The van der Waals surface area contributed by atoms with Crippen molar-refractivity contribution in [3.8, 4) is 0 Å². The highest BCUT2D eigenvalue weighted by molar-refractivity contribution is 5.15. The molecule has 3 nitrogen and oxygen atoms in total. The van der Waals surface area contributed by atoms with Crippen LogP contribution in [0.25, 0.3) is 0 Å². The summed E-state index contributed by atoms with van der Waals surface area (Å²) in [6.07, 6.45) is 2.20. The molecule has 0 unspecified atom stereocenters. The summed E-state index contributed by atoms with van der Waals surface area (Å²) < 4.78 is 1.86. The molecule has 0 bridgehead atoms. The van der Waals surface area contributed by atoms with Crippen molar-refractivity contribution in [2.45, 2.75) is 26.0 Å². The fourth-order valence-corrected chi connectivity index (χ4v) is 1.76. The van der Waals surface area contributed by atoms with E-state index < -0.39 is 6.10 Å². The molecule has 0 saturated carbocycles. The zero-order valence-corrected chi connectivity index (χ0v) is 9.37. The molecule has 0 aliphatic carbocycles. The molecule has 0 amide bonds. The summed E-state index contributed by atoms with van der Waals surface area (Å²) in [7, 11) is 0. The molecule has 1 atom stereocenters. The zero-order chi connectivity index (χ0) is 11.4. The molecule has 2 rings (SSSR count). The smallest absolute Gasteiger partial charge is 0.0928 e. The molecule has 1 N–H and O–H groups in total. The predicted octanol–water partition coefficient (Wildman–Crippen LogP) is 2.18. The monoisotopic (exact) mass is 216 g/mol. The summed E-state index contributed by atoms with van der Waals surface area (Å²) >= 11 is 0. The van der Waals surface area contributed by atoms with Crippen molar-refractivity contribution in [3.05, 3.63) is 53.9 Å². The van der Waals surface area contributed by atoms with Gasteiger partial charge in [0.15, 0.2) is 0 Å². The molecule has 0 aliphatic rings. The van der Waals surface area contributed by atoms with Gasteiger partial charge in [-0.2, -0.15) is 5.10 Å². The third-order valence-electron chi connectivity index (χ3n) is 2.63. The van der Waals surface area contributed by atoms with Crippen LogP contribution in [0.2, 0.25) is 0 Å². The molecule has 3 heteroatoms. The third-order valence-corrected chi connectivity index (χ3v) is 2.63. The van der Waals surface area contributed by atoms with E-state index >= 15 is 0 Å². The van der Waals surface area contributed by atoms with Crippen LogP contribution in [0.3, 0.4) is 0 Å². The molecule has 16 heavy (non-hydrogen) atoms. The summed E-state index contributed by atoms with van der Waals surface area (Å²) in [5.41, 5.74) is 2.16. The van der Waals surface area contributed by atoms with Gasteiger partial charge in [0.05, 0.1) is 11.8 Å². The molecule has 0 spiro atoms. The van der Waals surface area contributed by atoms with E-state index in [1.54, 1.807) is 13.1 Å². The van der Waals surface area contributed by atoms with Crippen molar-refractivity contribution in [2.24, 2.45) is 0 Å². The Hall–Kier alpha value is -1.61. The number of aliphatic hydroxyl groups excluding tert-OH is 1. The van der Waals surface area contributed by atoms with Crippen molar-refractivity contribution in [3.63, 3.8) is 0 Å². The van der Waals surface area contributed by atoms with Crippen molar-refractivity contribution in [2.75, 3.05) is 0 Å². The summed E-state index contributed by atoms with van der Waals surface area (Å²) in [6.45, 7) is 2.56. The van der Waals surface area contributed by atoms with Crippen LogP contribution < -0.4 is 0 Å². The van der Waals surface area contributed by atoms with Gasteiger partial charge in [0, 0.05) is 12.7 Å². The predicted molar refractivity (Wildman–Crippen MR) is 63.0 cm³/mol. The number of aliphatic hydroxyl groups is 1. The average molecular weight is 216 g/mol. The van der Waals surface area contributed by atoms with Crippen LogP contribution in [0.1, 0.15) is 24.3 Å². The lowest BCUT2D eigenvalue weighted by atomic mass is 10.1. The van der Waals surface area contributed by atoms with Crippen LogP contribution in [0, 0.1) is 0 Å². The quantitative estimate of drug-likeness (QED) is 0.850. The second kappa shape index (κ2) is 4.94. The maximum Gasteiger partial charge on any atom is 0.0928 e.